The predicted molar refractivity (Wildman–Crippen MR) is 90.5 cm³/mol. The van der Waals surface area contributed by atoms with Crippen molar-refractivity contribution in [3.8, 4) is 0 Å². The predicted octanol–water partition coefficient (Wildman–Crippen LogP) is 2.74. The molecule has 26 heavy (non-hydrogen) atoms. The van der Waals surface area contributed by atoms with Crippen LogP contribution in [0.3, 0.4) is 0 Å². The van der Waals surface area contributed by atoms with Gasteiger partial charge in [-0.2, -0.15) is 0 Å². The third-order valence-corrected chi connectivity index (χ3v) is 4.85. The third kappa shape index (κ3) is 4.24. The molecule has 1 saturated carbocycles. The summed E-state index contributed by atoms with van der Waals surface area (Å²) in [6.07, 6.45) is -1.27. The molecule has 1 amide bonds. The van der Waals surface area contributed by atoms with Gasteiger partial charge in [0.2, 0.25) is 5.92 Å². The van der Waals surface area contributed by atoms with Crippen LogP contribution in [-0.4, -0.2) is 47.4 Å². The van der Waals surface area contributed by atoms with Crippen molar-refractivity contribution in [2.24, 2.45) is 28.1 Å². The van der Waals surface area contributed by atoms with Crippen LogP contribution in [0, 0.1) is 17.3 Å². The number of hydrogen-bond donors (Lipinski definition) is 1. The number of nitrogens with zero attached hydrogens (tertiary/aromatic N) is 2. The zero-order chi connectivity index (χ0) is 19.9. The number of oxime groups is 1. The quantitative estimate of drug-likeness (QED) is 0.353. The van der Waals surface area contributed by atoms with Gasteiger partial charge in [0, 0.05) is 31.8 Å². The van der Waals surface area contributed by atoms with Gasteiger partial charge in [-0.1, -0.05) is 19.0 Å². The second kappa shape index (κ2) is 6.66. The van der Waals surface area contributed by atoms with E-state index in [2.05, 4.69) is 5.16 Å². The van der Waals surface area contributed by atoms with Crippen LogP contribution >= 0.6 is 0 Å². The molecule has 1 heterocycles. The molecule has 2 aliphatic rings. The smallest absolute Gasteiger partial charge is 0.410 e. The third-order valence-electron chi connectivity index (χ3n) is 4.85. The largest absolute Gasteiger partial charge is 0.444 e. The molecular formula is C17H27F2N3O4. The maximum atomic E-state index is 12.9. The van der Waals surface area contributed by atoms with E-state index in [1.54, 1.807) is 20.8 Å². The summed E-state index contributed by atoms with van der Waals surface area (Å²) < 4.78 is 31.0. The minimum Gasteiger partial charge on any atom is -0.444 e. The standard InChI is InChI=1S/C17H27F2N3O4/c1-10(2)16(8-22(9-16)14(24)25-15(3,4)5)13(23)26-21-12(20)11-6-17(18,19)7-11/h10-11H,6-9H2,1-5H3,(H2,20,21). The van der Waals surface area contributed by atoms with Crippen molar-refractivity contribution in [1.82, 2.24) is 4.90 Å². The van der Waals surface area contributed by atoms with Gasteiger partial charge in [0.25, 0.3) is 0 Å². The number of amidine groups is 1. The van der Waals surface area contributed by atoms with Gasteiger partial charge in [-0.25, -0.2) is 18.4 Å². The van der Waals surface area contributed by atoms with Crippen LogP contribution in [-0.2, 0) is 14.4 Å². The van der Waals surface area contributed by atoms with E-state index in [-0.39, 0.29) is 37.7 Å². The first-order chi connectivity index (χ1) is 11.8. The van der Waals surface area contributed by atoms with Gasteiger partial charge in [0.1, 0.15) is 16.9 Å². The highest BCUT2D eigenvalue weighted by molar-refractivity contribution is 5.86. The lowest BCUT2D eigenvalue weighted by molar-refractivity contribution is -0.171. The minimum absolute atomic E-state index is 0.105. The summed E-state index contributed by atoms with van der Waals surface area (Å²) >= 11 is 0. The Balaban J connectivity index is 1.94. The summed E-state index contributed by atoms with van der Waals surface area (Å²) in [7, 11) is 0. The molecule has 0 spiro atoms. The van der Waals surface area contributed by atoms with Gasteiger partial charge in [-0.3, -0.25) is 0 Å². The first kappa shape index (κ1) is 20.4. The molecule has 9 heteroatoms. The summed E-state index contributed by atoms with van der Waals surface area (Å²) in [5, 5.41) is 3.55. The first-order valence-corrected chi connectivity index (χ1v) is 8.66. The molecule has 0 unspecified atom stereocenters. The molecule has 7 nitrogen and oxygen atoms in total. The molecule has 0 aromatic carbocycles. The number of ether oxygens (including phenoxy) is 1. The van der Waals surface area contributed by atoms with Gasteiger partial charge in [-0.05, 0) is 26.7 Å². The second-order valence-electron chi connectivity index (χ2n) is 8.50. The Morgan fingerprint density at radius 3 is 2.19 bits per heavy atom. The van der Waals surface area contributed by atoms with Gasteiger partial charge in [0.05, 0.1) is 0 Å². The molecule has 1 saturated heterocycles. The van der Waals surface area contributed by atoms with E-state index in [4.69, 9.17) is 15.3 Å². The lowest BCUT2D eigenvalue weighted by atomic mass is 9.71. The summed E-state index contributed by atoms with van der Waals surface area (Å²) in [6, 6.07) is 0. The highest BCUT2D eigenvalue weighted by Gasteiger charge is 2.56. The number of halogens is 2. The zero-order valence-electron chi connectivity index (χ0n) is 15.8. The average molecular weight is 375 g/mol. The van der Waals surface area contributed by atoms with Crippen LogP contribution in [0.5, 0.6) is 0 Å². The average Bonchev–Trinajstić information content (AvgIpc) is 2.38. The van der Waals surface area contributed by atoms with E-state index in [0.717, 1.165) is 0 Å². The molecule has 1 aliphatic carbocycles. The van der Waals surface area contributed by atoms with E-state index in [1.807, 2.05) is 13.8 Å². The van der Waals surface area contributed by atoms with Crippen LogP contribution in [0.1, 0.15) is 47.5 Å². The zero-order valence-corrected chi connectivity index (χ0v) is 15.8. The molecule has 0 aromatic heterocycles. The Hall–Kier alpha value is -1.93. The number of nitrogens with two attached hydrogens (primary N) is 1. The van der Waals surface area contributed by atoms with Crippen molar-refractivity contribution in [3.63, 3.8) is 0 Å². The number of carbonyl (C=O) groups is 2. The van der Waals surface area contributed by atoms with Gasteiger partial charge in [-0.15, -0.1) is 0 Å². The minimum atomic E-state index is -2.73. The Morgan fingerprint density at radius 2 is 1.77 bits per heavy atom. The first-order valence-electron chi connectivity index (χ1n) is 8.66. The summed E-state index contributed by atoms with van der Waals surface area (Å²) in [4.78, 5) is 30.9. The van der Waals surface area contributed by atoms with Crippen LogP contribution in [0.25, 0.3) is 0 Å². The Labute approximate surface area is 151 Å². The van der Waals surface area contributed by atoms with Crippen LogP contribution < -0.4 is 5.73 Å². The van der Waals surface area contributed by atoms with Crippen molar-refractivity contribution in [1.29, 1.82) is 0 Å². The van der Waals surface area contributed by atoms with E-state index in [9.17, 15) is 18.4 Å². The number of rotatable bonds is 4. The summed E-state index contributed by atoms with van der Waals surface area (Å²) in [5.74, 6) is -4.14. The van der Waals surface area contributed by atoms with Crippen molar-refractivity contribution in [2.75, 3.05) is 13.1 Å². The maximum absolute atomic E-state index is 12.9. The molecule has 0 bridgehead atoms. The van der Waals surface area contributed by atoms with Gasteiger partial charge in [0.15, 0.2) is 0 Å². The van der Waals surface area contributed by atoms with Gasteiger partial charge >= 0.3 is 12.1 Å². The van der Waals surface area contributed by atoms with E-state index in [0.29, 0.717) is 0 Å². The van der Waals surface area contributed by atoms with Crippen LogP contribution in [0.15, 0.2) is 5.16 Å². The van der Waals surface area contributed by atoms with Crippen LogP contribution in [0.4, 0.5) is 13.6 Å². The number of amides is 1. The molecule has 0 atom stereocenters. The molecule has 2 fully saturated rings. The second-order valence-corrected chi connectivity index (χ2v) is 8.50. The molecule has 1 aliphatic heterocycles. The van der Waals surface area contributed by atoms with Crippen molar-refractivity contribution in [2.45, 2.75) is 59.0 Å². The van der Waals surface area contributed by atoms with E-state index < -0.39 is 34.9 Å². The van der Waals surface area contributed by atoms with Crippen molar-refractivity contribution < 1.29 is 27.9 Å². The fraction of sp³-hybridized carbons (Fsp3) is 0.824. The molecule has 2 N–H and O–H groups in total. The summed E-state index contributed by atoms with van der Waals surface area (Å²) in [5.41, 5.74) is 4.09. The van der Waals surface area contributed by atoms with Gasteiger partial charge < -0.3 is 20.2 Å². The normalized spacial score (nSPS) is 22.5. The van der Waals surface area contributed by atoms with E-state index in [1.165, 1.54) is 4.90 Å². The Bertz CT molecular complexity index is 600. The van der Waals surface area contributed by atoms with Crippen molar-refractivity contribution in [3.05, 3.63) is 0 Å². The fourth-order valence-corrected chi connectivity index (χ4v) is 2.95. The highest BCUT2D eigenvalue weighted by atomic mass is 19.3. The lowest BCUT2D eigenvalue weighted by Crippen LogP contribution is -2.65. The topological polar surface area (TPSA) is 94.2 Å². The number of likely N-dealkylation sites (tertiary alicyclic amines) is 1. The summed E-state index contributed by atoms with van der Waals surface area (Å²) in [6.45, 7) is 9.26. The molecule has 0 aromatic rings. The highest BCUT2D eigenvalue weighted by Crippen LogP contribution is 2.43. The Morgan fingerprint density at radius 1 is 1.23 bits per heavy atom. The molecule has 2 rings (SSSR count). The Kier molecular flexibility index (Phi) is 5.22. The SMILES string of the molecule is CC(C)C1(C(=O)O/N=C(\N)C2CC(F)(F)C2)CN(C(=O)OC(C)(C)C)C1. The monoisotopic (exact) mass is 375 g/mol. The van der Waals surface area contributed by atoms with E-state index >= 15 is 0 Å². The number of carbonyl (C=O) groups excluding carboxylic acids is 2. The maximum Gasteiger partial charge on any atom is 0.410 e. The van der Waals surface area contributed by atoms with Crippen LogP contribution in [0.2, 0.25) is 0 Å². The molecule has 148 valence electrons. The van der Waals surface area contributed by atoms with Crippen molar-refractivity contribution >= 4 is 17.9 Å². The molecular weight excluding hydrogens is 348 g/mol. The number of hydrogen-bond acceptors (Lipinski definition) is 5. The number of alkyl halides is 2. The molecule has 0 radical (unpaired) electrons. The fourth-order valence-electron chi connectivity index (χ4n) is 2.95. The lowest BCUT2D eigenvalue weighted by Gasteiger charge is -2.49.